The van der Waals surface area contributed by atoms with Crippen LogP contribution in [0.2, 0.25) is 0 Å². The summed E-state index contributed by atoms with van der Waals surface area (Å²) in [5.74, 6) is -2.31. The molecule has 0 heterocycles. The second-order valence-corrected chi connectivity index (χ2v) is 7.61. The van der Waals surface area contributed by atoms with Crippen molar-refractivity contribution < 1.29 is 38.4 Å². The molecule has 0 bridgehead atoms. The highest BCUT2D eigenvalue weighted by atomic mass is 17.2. The molecular formula is C26H30O8. The van der Waals surface area contributed by atoms with Crippen molar-refractivity contribution in [3.05, 3.63) is 65.2 Å². The molecule has 0 spiro atoms. The molecule has 34 heavy (non-hydrogen) atoms. The average molecular weight is 471 g/mol. The summed E-state index contributed by atoms with van der Waals surface area (Å²) in [6.07, 6.45) is 4.85. The van der Waals surface area contributed by atoms with E-state index in [0.29, 0.717) is 12.8 Å². The van der Waals surface area contributed by atoms with Crippen LogP contribution in [-0.2, 0) is 14.5 Å². The molecule has 8 heteroatoms. The van der Waals surface area contributed by atoms with Gasteiger partial charge < -0.3 is 9.47 Å². The zero-order chi connectivity index (χ0) is 24.8. The smallest absolute Gasteiger partial charge is 0.434 e. The van der Waals surface area contributed by atoms with Gasteiger partial charge in [-0.15, -0.1) is 0 Å². The summed E-state index contributed by atoms with van der Waals surface area (Å²) < 4.78 is 9.99. The van der Waals surface area contributed by atoms with E-state index < -0.39 is 18.1 Å². The van der Waals surface area contributed by atoms with Gasteiger partial charge in [0.2, 0.25) is 0 Å². The average Bonchev–Trinajstić information content (AvgIpc) is 2.86. The minimum absolute atomic E-state index is 0.141. The van der Waals surface area contributed by atoms with E-state index in [4.69, 9.17) is 9.47 Å². The van der Waals surface area contributed by atoms with Crippen molar-refractivity contribution in [2.75, 3.05) is 6.61 Å². The lowest BCUT2D eigenvalue weighted by Crippen LogP contribution is -2.17. The monoisotopic (exact) mass is 470 g/mol. The number of hydrogen-bond donors (Lipinski definition) is 0. The Morgan fingerprint density at radius 2 is 1.44 bits per heavy atom. The molecule has 2 aromatic rings. The zero-order valence-electron chi connectivity index (χ0n) is 19.5. The maximum Gasteiger partial charge on any atom is 0.513 e. The summed E-state index contributed by atoms with van der Waals surface area (Å²) in [4.78, 5) is 58.5. The summed E-state index contributed by atoms with van der Waals surface area (Å²) >= 11 is 0. The molecule has 2 rings (SSSR count). The van der Waals surface area contributed by atoms with Gasteiger partial charge in [-0.1, -0.05) is 57.7 Å². The van der Waals surface area contributed by atoms with E-state index in [0.717, 1.165) is 32.1 Å². The van der Waals surface area contributed by atoms with Gasteiger partial charge in [0.1, 0.15) is 11.3 Å². The second-order valence-electron chi connectivity index (χ2n) is 7.61. The highest BCUT2D eigenvalue weighted by molar-refractivity contribution is 6.01. The summed E-state index contributed by atoms with van der Waals surface area (Å²) in [6.45, 7) is 4.08. The minimum Gasteiger partial charge on any atom is -0.434 e. The molecule has 0 aromatic heterocycles. The first-order valence-electron chi connectivity index (χ1n) is 11.5. The van der Waals surface area contributed by atoms with Gasteiger partial charge in [-0.05, 0) is 43.2 Å². The first kappa shape index (κ1) is 26.6. The highest BCUT2D eigenvalue weighted by Crippen LogP contribution is 2.24. The molecule has 8 nitrogen and oxygen atoms in total. The molecule has 0 radical (unpaired) electrons. The Balaban J connectivity index is 2.13. The fourth-order valence-electron chi connectivity index (χ4n) is 3.03. The Morgan fingerprint density at radius 3 is 2.15 bits per heavy atom. The Bertz CT molecular complexity index is 968. The first-order chi connectivity index (χ1) is 16.5. The minimum atomic E-state index is -1.10. The summed E-state index contributed by atoms with van der Waals surface area (Å²) in [7, 11) is 0. The van der Waals surface area contributed by atoms with Crippen molar-refractivity contribution in [2.45, 2.75) is 58.8 Å². The second kappa shape index (κ2) is 14.5. The molecule has 0 fully saturated rings. The van der Waals surface area contributed by atoms with Crippen LogP contribution < -0.4 is 4.74 Å². The van der Waals surface area contributed by atoms with Crippen LogP contribution in [-0.4, -0.2) is 30.5 Å². The SMILES string of the molecule is CCCCCCCC(=O)c1ccc(OC(=O)OCCC)c(C(=O)OOC(=O)c2ccccc2)c1. The van der Waals surface area contributed by atoms with E-state index in [1.807, 2.05) is 6.92 Å². The van der Waals surface area contributed by atoms with E-state index in [1.165, 1.54) is 30.3 Å². The van der Waals surface area contributed by atoms with Gasteiger partial charge >= 0.3 is 18.1 Å². The van der Waals surface area contributed by atoms with Crippen LogP contribution in [0.25, 0.3) is 0 Å². The van der Waals surface area contributed by atoms with Crippen LogP contribution in [0.3, 0.4) is 0 Å². The predicted molar refractivity (Wildman–Crippen MR) is 124 cm³/mol. The van der Waals surface area contributed by atoms with Crippen molar-refractivity contribution in [1.82, 2.24) is 0 Å². The lowest BCUT2D eigenvalue weighted by molar-refractivity contribution is -0.187. The highest BCUT2D eigenvalue weighted by Gasteiger charge is 2.22. The van der Waals surface area contributed by atoms with Gasteiger partial charge in [-0.25, -0.2) is 24.2 Å². The number of ketones is 1. The topological polar surface area (TPSA) is 105 Å². The van der Waals surface area contributed by atoms with Gasteiger partial charge in [-0.2, -0.15) is 0 Å². The first-order valence-corrected chi connectivity index (χ1v) is 11.5. The van der Waals surface area contributed by atoms with E-state index in [1.54, 1.807) is 18.2 Å². The molecule has 0 aliphatic carbocycles. The van der Waals surface area contributed by atoms with Crippen molar-refractivity contribution in [2.24, 2.45) is 0 Å². The maximum atomic E-state index is 12.7. The van der Waals surface area contributed by atoms with Crippen LogP contribution in [0.15, 0.2) is 48.5 Å². The van der Waals surface area contributed by atoms with E-state index in [-0.39, 0.29) is 34.8 Å². The third-order valence-electron chi connectivity index (χ3n) is 4.85. The molecule has 0 saturated heterocycles. The van der Waals surface area contributed by atoms with Gasteiger partial charge in [-0.3, -0.25) is 4.79 Å². The fraction of sp³-hybridized carbons (Fsp3) is 0.385. The molecule has 0 unspecified atom stereocenters. The summed E-state index contributed by atoms with van der Waals surface area (Å²) in [5, 5.41) is 0. The molecule has 0 aliphatic heterocycles. The van der Waals surface area contributed by atoms with Crippen LogP contribution >= 0.6 is 0 Å². The normalized spacial score (nSPS) is 10.3. The quantitative estimate of drug-likeness (QED) is 0.0917. The molecular weight excluding hydrogens is 440 g/mol. The standard InChI is InChI=1S/C26H30O8/c1-3-5-6-7-11-14-22(27)20-15-16-23(32-26(30)31-17-4-2)21(18-20)25(29)34-33-24(28)19-12-9-8-10-13-19/h8-10,12-13,15-16,18H,3-7,11,14,17H2,1-2H3. The molecule has 182 valence electrons. The van der Waals surface area contributed by atoms with Gasteiger partial charge in [0.15, 0.2) is 5.78 Å². The van der Waals surface area contributed by atoms with Crippen molar-refractivity contribution in [3.8, 4) is 5.75 Å². The number of benzene rings is 2. The molecule has 0 saturated carbocycles. The number of unbranched alkanes of at least 4 members (excludes halogenated alkanes) is 4. The molecule has 2 aromatic carbocycles. The number of hydrogen-bond acceptors (Lipinski definition) is 8. The number of carbonyl (C=O) groups excluding carboxylic acids is 4. The number of carbonyl (C=O) groups is 4. The van der Waals surface area contributed by atoms with Crippen molar-refractivity contribution in [1.29, 1.82) is 0 Å². The van der Waals surface area contributed by atoms with Crippen molar-refractivity contribution in [3.63, 3.8) is 0 Å². The Kier molecular flexibility index (Phi) is 11.3. The lowest BCUT2D eigenvalue weighted by Gasteiger charge is -2.11. The number of Topliss-reactive ketones (excluding diaryl/α,β-unsaturated/α-hetero) is 1. The molecule has 0 atom stereocenters. The third kappa shape index (κ3) is 8.69. The largest absolute Gasteiger partial charge is 0.513 e. The third-order valence-corrected chi connectivity index (χ3v) is 4.85. The number of ether oxygens (including phenoxy) is 2. The Labute approximate surface area is 199 Å². The molecule has 0 aliphatic rings. The van der Waals surface area contributed by atoms with Crippen LogP contribution in [0.4, 0.5) is 4.79 Å². The predicted octanol–water partition coefficient (Wildman–Crippen LogP) is 6.08. The lowest BCUT2D eigenvalue weighted by atomic mass is 10.0. The Morgan fingerprint density at radius 1 is 0.735 bits per heavy atom. The van der Waals surface area contributed by atoms with Gasteiger partial charge in [0, 0.05) is 12.0 Å². The van der Waals surface area contributed by atoms with Gasteiger partial charge in [0.25, 0.3) is 0 Å². The van der Waals surface area contributed by atoms with Gasteiger partial charge in [0.05, 0.1) is 12.2 Å². The fourth-order valence-corrected chi connectivity index (χ4v) is 3.03. The summed E-state index contributed by atoms with van der Waals surface area (Å²) in [6, 6.07) is 12.0. The zero-order valence-corrected chi connectivity index (χ0v) is 19.5. The van der Waals surface area contributed by atoms with E-state index in [9.17, 15) is 19.2 Å². The van der Waals surface area contributed by atoms with E-state index in [2.05, 4.69) is 16.7 Å². The number of rotatable bonds is 12. The molecule has 0 amide bonds. The maximum absolute atomic E-state index is 12.7. The van der Waals surface area contributed by atoms with E-state index >= 15 is 0 Å². The van der Waals surface area contributed by atoms with Crippen LogP contribution in [0.1, 0.15) is 89.9 Å². The Hall–Kier alpha value is -3.68. The molecule has 0 N–H and O–H groups in total. The van der Waals surface area contributed by atoms with Crippen LogP contribution in [0.5, 0.6) is 5.75 Å². The van der Waals surface area contributed by atoms with Crippen LogP contribution in [0, 0.1) is 0 Å². The van der Waals surface area contributed by atoms with Crippen molar-refractivity contribution >= 4 is 23.9 Å². The summed E-state index contributed by atoms with van der Waals surface area (Å²) in [5.41, 5.74) is 0.194.